The molecule has 0 amide bonds. The molecule has 0 saturated heterocycles. The lowest BCUT2D eigenvalue weighted by Crippen LogP contribution is -2.31. The number of aromatic nitrogens is 1. The number of halogens is 1. The fraction of sp³-hybridized carbons (Fsp3) is 0.333. The minimum atomic E-state index is -3.88. The molecule has 10 heteroatoms. The van der Waals surface area contributed by atoms with Crippen molar-refractivity contribution in [1.82, 2.24) is 9.88 Å². The highest BCUT2D eigenvalue weighted by atomic mass is 35.5. The molecule has 0 saturated carbocycles. The summed E-state index contributed by atoms with van der Waals surface area (Å²) in [6.07, 6.45) is 0. The van der Waals surface area contributed by atoms with Gasteiger partial charge in [0.25, 0.3) is 0 Å². The third-order valence-electron chi connectivity index (χ3n) is 3.07. The number of carbonyl (C=O) groups excluding carboxylic acids is 1. The Hall–Kier alpha value is -1.55. The second kappa shape index (κ2) is 8.70. The maximum atomic E-state index is 12.1. The van der Waals surface area contributed by atoms with Crippen molar-refractivity contribution in [3.05, 3.63) is 40.7 Å². The fourth-order valence-corrected chi connectivity index (χ4v) is 4.13. The van der Waals surface area contributed by atoms with Gasteiger partial charge in [0, 0.05) is 15.7 Å². The highest BCUT2D eigenvalue weighted by Crippen LogP contribution is 2.20. The molecule has 25 heavy (non-hydrogen) atoms. The van der Waals surface area contributed by atoms with Gasteiger partial charge in [0.1, 0.15) is 23.7 Å². The van der Waals surface area contributed by atoms with E-state index >= 15 is 0 Å². The van der Waals surface area contributed by atoms with Crippen molar-refractivity contribution < 1.29 is 22.5 Å². The fourth-order valence-electron chi connectivity index (χ4n) is 1.98. The van der Waals surface area contributed by atoms with E-state index in [2.05, 4.69) is 9.88 Å². The lowest BCUT2D eigenvalue weighted by Gasteiger charge is -2.07. The molecule has 0 bridgehead atoms. The van der Waals surface area contributed by atoms with Gasteiger partial charge in [-0.05, 0) is 38.1 Å². The number of esters is 1. The monoisotopic (exact) mass is 404 g/mol. The largest absolute Gasteiger partial charge is 0.464 e. The van der Waals surface area contributed by atoms with Gasteiger partial charge in [-0.25, -0.2) is 8.42 Å². The number of ether oxygens (including phenoxy) is 1. The van der Waals surface area contributed by atoms with E-state index in [0.29, 0.717) is 10.8 Å². The van der Waals surface area contributed by atoms with Crippen LogP contribution < -0.4 is 4.72 Å². The lowest BCUT2D eigenvalue weighted by atomic mass is 10.4. The van der Waals surface area contributed by atoms with Gasteiger partial charge in [0.05, 0.1) is 0 Å². The Labute approximate surface area is 155 Å². The number of thioether (sulfide) groups is 1. The van der Waals surface area contributed by atoms with Gasteiger partial charge < -0.3 is 9.26 Å². The van der Waals surface area contributed by atoms with E-state index in [-0.39, 0.29) is 23.0 Å². The van der Waals surface area contributed by atoms with Crippen molar-refractivity contribution in [3.8, 4) is 0 Å². The van der Waals surface area contributed by atoms with Gasteiger partial charge >= 0.3 is 5.97 Å². The number of rotatable bonds is 8. The predicted octanol–water partition coefficient (Wildman–Crippen LogP) is 2.56. The first-order chi connectivity index (χ1) is 11.8. The average Bonchev–Trinajstić information content (AvgIpc) is 2.91. The summed E-state index contributed by atoms with van der Waals surface area (Å²) >= 11 is 7.30. The summed E-state index contributed by atoms with van der Waals surface area (Å²) in [6, 6.07) is 7.29. The molecule has 0 atom stereocenters. The summed E-state index contributed by atoms with van der Waals surface area (Å²) in [6.45, 7) is 2.70. The van der Waals surface area contributed by atoms with Crippen LogP contribution in [-0.2, 0) is 19.6 Å². The van der Waals surface area contributed by atoms with Crippen molar-refractivity contribution in [2.75, 3.05) is 18.9 Å². The van der Waals surface area contributed by atoms with Gasteiger partial charge in [0.2, 0.25) is 10.0 Å². The lowest BCUT2D eigenvalue weighted by molar-refractivity contribution is -0.141. The molecule has 1 aromatic heterocycles. The molecule has 0 radical (unpaired) electrons. The number of nitrogens with zero attached hydrogens (tertiary/aromatic N) is 1. The molecule has 0 unspecified atom stereocenters. The van der Waals surface area contributed by atoms with E-state index in [1.807, 2.05) is 12.1 Å². The Bertz CT molecular complexity index is 815. The molecule has 136 valence electrons. The molecule has 0 fully saturated rings. The van der Waals surface area contributed by atoms with Crippen LogP contribution in [0.2, 0.25) is 5.02 Å². The Morgan fingerprint density at radius 3 is 2.60 bits per heavy atom. The molecular formula is C15H17ClN2O5S2. The molecule has 1 aromatic carbocycles. The highest BCUT2D eigenvalue weighted by molar-refractivity contribution is 7.99. The standard InChI is InChI=1S/C15H17ClN2O5S2/c1-10-15(11(2)23-18-10)25(20,21)17-9-14(19)22-7-8-24-13-5-3-12(16)4-6-13/h3-6,17H,7-9H2,1-2H3. The Kier molecular flexibility index (Phi) is 6.88. The van der Waals surface area contributed by atoms with E-state index in [9.17, 15) is 13.2 Å². The van der Waals surface area contributed by atoms with Crippen molar-refractivity contribution in [1.29, 1.82) is 0 Å². The van der Waals surface area contributed by atoms with E-state index < -0.39 is 22.5 Å². The van der Waals surface area contributed by atoms with Gasteiger partial charge in [-0.15, -0.1) is 11.8 Å². The van der Waals surface area contributed by atoms with Crippen molar-refractivity contribution in [2.45, 2.75) is 23.6 Å². The number of carbonyl (C=O) groups is 1. The van der Waals surface area contributed by atoms with E-state index in [0.717, 1.165) is 4.90 Å². The van der Waals surface area contributed by atoms with Crippen LogP contribution in [0.5, 0.6) is 0 Å². The highest BCUT2D eigenvalue weighted by Gasteiger charge is 2.24. The van der Waals surface area contributed by atoms with Gasteiger partial charge in [-0.2, -0.15) is 4.72 Å². The first-order valence-electron chi connectivity index (χ1n) is 7.26. The molecule has 0 aliphatic rings. The molecule has 2 rings (SSSR count). The molecule has 1 N–H and O–H groups in total. The van der Waals surface area contributed by atoms with E-state index in [1.54, 1.807) is 12.1 Å². The van der Waals surface area contributed by atoms with E-state index in [1.165, 1.54) is 25.6 Å². The predicted molar refractivity (Wildman–Crippen MR) is 94.3 cm³/mol. The number of hydrogen-bond acceptors (Lipinski definition) is 7. The molecule has 0 aliphatic carbocycles. The molecule has 1 heterocycles. The molecule has 7 nitrogen and oxygen atoms in total. The minimum Gasteiger partial charge on any atom is -0.464 e. The van der Waals surface area contributed by atoms with Crippen molar-refractivity contribution in [2.24, 2.45) is 0 Å². The quantitative estimate of drug-likeness (QED) is 0.410. The normalized spacial score (nSPS) is 11.5. The van der Waals surface area contributed by atoms with Crippen LogP contribution in [0.3, 0.4) is 0 Å². The third kappa shape index (κ3) is 5.74. The zero-order chi connectivity index (χ0) is 18.4. The SMILES string of the molecule is Cc1noc(C)c1S(=O)(=O)NCC(=O)OCCSc1ccc(Cl)cc1. The van der Waals surface area contributed by atoms with Gasteiger partial charge in [0.15, 0.2) is 5.76 Å². The summed E-state index contributed by atoms with van der Waals surface area (Å²) in [5.41, 5.74) is 0.234. The Morgan fingerprint density at radius 1 is 1.32 bits per heavy atom. The van der Waals surface area contributed by atoms with E-state index in [4.69, 9.17) is 20.9 Å². The summed E-state index contributed by atoms with van der Waals surface area (Å²) in [4.78, 5) is 12.6. The molecule has 0 spiro atoms. The zero-order valence-electron chi connectivity index (χ0n) is 13.6. The number of nitrogens with one attached hydrogen (secondary N) is 1. The summed E-state index contributed by atoms with van der Waals surface area (Å²) in [7, 11) is -3.88. The van der Waals surface area contributed by atoms with Gasteiger partial charge in [-0.3, -0.25) is 4.79 Å². The second-order valence-corrected chi connectivity index (χ2v) is 8.31. The topological polar surface area (TPSA) is 98.5 Å². The minimum absolute atomic E-state index is 0.0569. The molecule has 2 aromatic rings. The smallest absolute Gasteiger partial charge is 0.321 e. The first-order valence-corrected chi connectivity index (χ1v) is 10.1. The number of aryl methyl sites for hydroxylation is 2. The summed E-state index contributed by atoms with van der Waals surface area (Å²) < 4.78 is 36.3. The number of sulfonamides is 1. The maximum absolute atomic E-state index is 12.1. The maximum Gasteiger partial charge on any atom is 0.321 e. The third-order valence-corrected chi connectivity index (χ3v) is 5.94. The summed E-state index contributed by atoms with van der Waals surface area (Å²) in [5, 5.41) is 4.24. The van der Waals surface area contributed by atoms with Crippen LogP contribution in [0.25, 0.3) is 0 Å². The number of benzene rings is 1. The number of hydrogen-bond donors (Lipinski definition) is 1. The Balaban J connectivity index is 1.74. The van der Waals surface area contributed by atoms with Crippen LogP contribution in [0.4, 0.5) is 0 Å². The second-order valence-electron chi connectivity index (χ2n) is 5.00. The van der Waals surface area contributed by atoms with Crippen molar-refractivity contribution >= 4 is 39.4 Å². The Morgan fingerprint density at radius 2 is 2.00 bits per heavy atom. The molecule has 0 aliphatic heterocycles. The average molecular weight is 405 g/mol. The van der Waals surface area contributed by atoms with Crippen LogP contribution in [0, 0.1) is 13.8 Å². The zero-order valence-corrected chi connectivity index (χ0v) is 16.0. The van der Waals surface area contributed by atoms with Crippen LogP contribution >= 0.6 is 23.4 Å². The molecular weight excluding hydrogens is 388 g/mol. The van der Waals surface area contributed by atoms with Crippen LogP contribution in [-0.4, -0.2) is 38.4 Å². The van der Waals surface area contributed by atoms with Crippen LogP contribution in [0.15, 0.2) is 38.6 Å². The van der Waals surface area contributed by atoms with Crippen molar-refractivity contribution in [3.63, 3.8) is 0 Å². The van der Waals surface area contributed by atoms with Gasteiger partial charge in [-0.1, -0.05) is 16.8 Å². The first kappa shape index (κ1) is 19.8. The van der Waals surface area contributed by atoms with Crippen LogP contribution in [0.1, 0.15) is 11.5 Å². The summed E-state index contributed by atoms with van der Waals surface area (Å²) in [5.74, 6) is 0.0500.